The molecule has 0 spiro atoms. The molecule has 0 fully saturated rings. The normalized spacial score (nSPS) is 17.8. The summed E-state index contributed by atoms with van der Waals surface area (Å²) in [5, 5.41) is 23.4. The molecule has 2 rings (SSSR count). The van der Waals surface area contributed by atoms with Crippen molar-refractivity contribution in [2.75, 3.05) is 33.7 Å². The first-order valence-corrected chi connectivity index (χ1v) is 6.79. The first-order valence-electron chi connectivity index (χ1n) is 6.79. The Bertz CT molecular complexity index is 472. The summed E-state index contributed by atoms with van der Waals surface area (Å²) in [4.78, 5) is 14.6. The molecule has 2 N–H and O–H groups in total. The third kappa shape index (κ3) is 3.78. The minimum atomic E-state index is -0.814. The van der Waals surface area contributed by atoms with Gasteiger partial charge in [-0.2, -0.15) is 5.10 Å². The Morgan fingerprint density at radius 2 is 2.25 bits per heavy atom. The van der Waals surface area contributed by atoms with Gasteiger partial charge in [0.15, 0.2) is 0 Å². The Hall–Kier alpha value is -1.44. The van der Waals surface area contributed by atoms with Crippen LogP contribution in [0.4, 0.5) is 0 Å². The molecule has 0 saturated carbocycles. The number of hydrogen-bond donors (Lipinski definition) is 2. The minimum absolute atomic E-state index is 0.0424. The second kappa shape index (κ2) is 6.34. The van der Waals surface area contributed by atoms with Crippen molar-refractivity contribution in [3.63, 3.8) is 0 Å². The maximum Gasteiger partial charge on any atom is 0.317 e. The van der Waals surface area contributed by atoms with E-state index in [0.717, 1.165) is 25.2 Å². The zero-order valence-electron chi connectivity index (χ0n) is 12.0. The number of hydrogen-bond acceptors (Lipinski definition) is 5. The van der Waals surface area contributed by atoms with Crippen LogP contribution >= 0.6 is 0 Å². The van der Waals surface area contributed by atoms with Gasteiger partial charge in [-0.3, -0.25) is 14.4 Å². The third-order valence-electron chi connectivity index (χ3n) is 3.35. The van der Waals surface area contributed by atoms with Gasteiger partial charge < -0.3 is 15.1 Å². The van der Waals surface area contributed by atoms with E-state index >= 15 is 0 Å². The van der Waals surface area contributed by atoms with Crippen LogP contribution in [0, 0.1) is 0 Å². The Morgan fingerprint density at radius 3 is 2.90 bits per heavy atom. The van der Waals surface area contributed by atoms with Crippen LogP contribution in [0.3, 0.4) is 0 Å². The summed E-state index contributed by atoms with van der Waals surface area (Å²) in [5.74, 6) is -0.814. The van der Waals surface area contributed by atoms with Crippen molar-refractivity contribution in [2.24, 2.45) is 0 Å². The molecule has 1 aromatic rings. The Kier molecular flexibility index (Phi) is 4.74. The molecule has 1 aliphatic rings. The molecule has 20 heavy (non-hydrogen) atoms. The predicted molar refractivity (Wildman–Crippen MR) is 73.3 cm³/mol. The van der Waals surface area contributed by atoms with Gasteiger partial charge in [-0.15, -0.1) is 0 Å². The number of rotatable bonds is 5. The summed E-state index contributed by atoms with van der Waals surface area (Å²) in [7, 11) is 3.80. The number of aliphatic hydroxyl groups excluding tert-OH is 1. The molecule has 0 saturated heterocycles. The second-order valence-corrected chi connectivity index (χ2v) is 5.52. The smallest absolute Gasteiger partial charge is 0.317 e. The fourth-order valence-corrected chi connectivity index (χ4v) is 2.48. The van der Waals surface area contributed by atoms with Crippen LogP contribution in [0.1, 0.15) is 23.9 Å². The molecule has 7 heteroatoms. The van der Waals surface area contributed by atoms with E-state index in [1.165, 1.54) is 0 Å². The standard InChI is InChI=1S/C13H22N4O3/c1-15(2)8-12(18)11-6-10-7-16(9-13(19)20)4-3-5-17(10)14-11/h6,12,18H,3-5,7-9H2,1-2H3,(H,19,20)/t12-/m1/s1. The highest BCUT2D eigenvalue weighted by Gasteiger charge is 2.21. The van der Waals surface area contributed by atoms with Crippen LogP contribution in [-0.4, -0.2) is 69.5 Å². The Labute approximate surface area is 118 Å². The summed E-state index contributed by atoms with van der Waals surface area (Å²) in [5.41, 5.74) is 1.63. The van der Waals surface area contributed by atoms with Gasteiger partial charge in [-0.1, -0.05) is 0 Å². The van der Waals surface area contributed by atoms with Crippen molar-refractivity contribution < 1.29 is 15.0 Å². The number of aryl methyl sites for hydroxylation is 1. The number of carboxylic acids is 1. The molecule has 1 atom stereocenters. The highest BCUT2D eigenvalue weighted by atomic mass is 16.4. The number of aromatic nitrogens is 2. The monoisotopic (exact) mass is 282 g/mol. The lowest BCUT2D eigenvalue weighted by Gasteiger charge is -2.16. The number of carboxylic acid groups (broad SMARTS) is 1. The van der Waals surface area contributed by atoms with Crippen molar-refractivity contribution in [1.29, 1.82) is 0 Å². The van der Waals surface area contributed by atoms with Crippen LogP contribution in [0.2, 0.25) is 0 Å². The molecule has 0 radical (unpaired) electrons. The number of aliphatic hydroxyl groups is 1. The first kappa shape index (κ1) is 15.0. The predicted octanol–water partition coefficient (Wildman–Crippen LogP) is -0.232. The van der Waals surface area contributed by atoms with E-state index in [-0.39, 0.29) is 6.54 Å². The third-order valence-corrected chi connectivity index (χ3v) is 3.35. The summed E-state index contributed by atoms with van der Waals surface area (Å²) in [6.07, 6.45) is 0.253. The van der Waals surface area contributed by atoms with Crippen molar-refractivity contribution in [2.45, 2.75) is 25.6 Å². The van der Waals surface area contributed by atoms with E-state index in [4.69, 9.17) is 5.11 Å². The molecule has 0 aliphatic carbocycles. The molecule has 2 heterocycles. The lowest BCUT2D eigenvalue weighted by molar-refractivity contribution is -0.138. The molecule has 0 unspecified atom stereocenters. The molecule has 7 nitrogen and oxygen atoms in total. The average Bonchev–Trinajstić information content (AvgIpc) is 2.62. The number of aliphatic carboxylic acids is 1. The van der Waals surface area contributed by atoms with Crippen molar-refractivity contribution in [3.05, 3.63) is 17.5 Å². The topological polar surface area (TPSA) is 81.8 Å². The molecule has 1 aliphatic heterocycles. The highest BCUT2D eigenvalue weighted by molar-refractivity contribution is 5.69. The van der Waals surface area contributed by atoms with E-state index in [0.29, 0.717) is 18.8 Å². The molecular formula is C13H22N4O3. The van der Waals surface area contributed by atoms with E-state index < -0.39 is 12.1 Å². The summed E-state index contributed by atoms with van der Waals surface area (Å²) < 4.78 is 1.88. The largest absolute Gasteiger partial charge is 0.480 e. The van der Waals surface area contributed by atoms with E-state index in [9.17, 15) is 9.90 Å². The second-order valence-electron chi connectivity index (χ2n) is 5.52. The lowest BCUT2D eigenvalue weighted by Crippen LogP contribution is -2.29. The van der Waals surface area contributed by atoms with E-state index in [1.54, 1.807) is 0 Å². The molecular weight excluding hydrogens is 260 g/mol. The van der Waals surface area contributed by atoms with Crippen LogP contribution in [0.5, 0.6) is 0 Å². The maximum absolute atomic E-state index is 10.8. The zero-order valence-corrected chi connectivity index (χ0v) is 12.0. The number of carbonyl (C=O) groups is 1. The van der Waals surface area contributed by atoms with E-state index in [1.807, 2.05) is 34.6 Å². The van der Waals surface area contributed by atoms with Crippen molar-refractivity contribution in [3.8, 4) is 0 Å². The van der Waals surface area contributed by atoms with Crippen LogP contribution < -0.4 is 0 Å². The van der Waals surface area contributed by atoms with Gasteiger partial charge in [0.1, 0.15) is 6.10 Å². The van der Waals surface area contributed by atoms with Gasteiger partial charge in [-0.05, 0) is 26.6 Å². The number of likely N-dealkylation sites (N-methyl/N-ethyl adjacent to an activating group) is 1. The molecule has 0 bridgehead atoms. The maximum atomic E-state index is 10.8. The Morgan fingerprint density at radius 1 is 1.50 bits per heavy atom. The summed E-state index contributed by atoms with van der Waals surface area (Å²) >= 11 is 0. The summed E-state index contributed by atoms with van der Waals surface area (Å²) in [6, 6.07) is 1.88. The zero-order chi connectivity index (χ0) is 14.7. The number of nitrogens with zero attached hydrogens (tertiary/aromatic N) is 4. The minimum Gasteiger partial charge on any atom is -0.480 e. The quantitative estimate of drug-likeness (QED) is 0.776. The van der Waals surface area contributed by atoms with Crippen LogP contribution in [0.15, 0.2) is 6.07 Å². The molecule has 0 amide bonds. The van der Waals surface area contributed by atoms with Gasteiger partial charge >= 0.3 is 5.97 Å². The molecule has 0 aromatic carbocycles. The van der Waals surface area contributed by atoms with Gasteiger partial charge in [0.25, 0.3) is 0 Å². The van der Waals surface area contributed by atoms with Gasteiger partial charge in [0.2, 0.25) is 0 Å². The fourth-order valence-electron chi connectivity index (χ4n) is 2.48. The van der Waals surface area contributed by atoms with Crippen LogP contribution in [-0.2, 0) is 17.9 Å². The van der Waals surface area contributed by atoms with Crippen LogP contribution in [0.25, 0.3) is 0 Å². The Balaban J connectivity index is 2.10. The first-order chi connectivity index (χ1) is 9.45. The van der Waals surface area contributed by atoms with Gasteiger partial charge in [0.05, 0.1) is 17.9 Å². The SMILES string of the molecule is CN(C)C[C@@H](O)c1cc2n(n1)CCCN(CC(=O)O)C2. The molecule has 112 valence electrons. The average molecular weight is 282 g/mol. The van der Waals surface area contributed by atoms with Crippen molar-refractivity contribution >= 4 is 5.97 Å². The lowest BCUT2D eigenvalue weighted by atomic mass is 10.2. The van der Waals surface area contributed by atoms with Gasteiger partial charge in [-0.25, -0.2) is 0 Å². The summed E-state index contributed by atoms with van der Waals surface area (Å²) in [6.45, 7) is 2.65. The van der Waals surface area contributed by atoms with Crippen molar-refractivity contribution in [1.82, 2.24) is 19.6 Å². The molecule has 1 aromatic heterocycles. The fraction of sp³-hybridized carbons (Fsp3) is 0.692. The number of fused-ring (bicyclic) bond motifs is 1. The van der Waals surface area contributed by atoms with E-state index in [2.05, 4.69) is 5.10 Å². The highest BCUT2D eigenvalue weighted by Crippen LogP contribution is 2.18. The van der Waals surface area contributed by atoms with Gasteiger partial charge in [0, 0.05) is 26.2 Å².